The summed E-state index contributed by atoms with van der Waals surface area (Å²) < 4.78 is 5.88. The van der Waals surface area contributed by atoms with Gasteiger partial charge in [0.25, 0.3) is 0 Å². The Bertz CT molecular complexity index is 273. The van der Waals surface area contributed by atoms with Crippen LogP contribution >= 0.6 is 0 Å². The highest BCUT2D eigenvalue weighted by Crippen LogP contribution is 2.55. The quantitative estimate of drug-likeness (QED) is 0.830. The first-order valence-electron chi connectivity index (χ1n) is 8.18. The third-order valence-corrected chi connectivity index (χ3v) is 6.02. The van der Waals surface area contributed by atoms with E-state index in [2.05, 4.69) is 5.32 Å². The predicted molar refractivity (Wildman–Crippen MR) is 72.5 cm³/mol. The van der Waals surface area contributed by atoms with Gasteiger partial charge >= 0.3 is 0 Å². The molecule has 4 aliphatic carbocycles. The molecule has 5 aliphatic rings. The molecule has 1 heterocycles. The molecule has 1 unspecified atom stereocenters. The van der Waals surface area contributed by atoms with Gasteiger partial charge in [-0.3, -0.25) is 0 Å². The molecule has 0 spiro atoms. The fraction of sp³-hybridized carbons (Fsp3) is 1.00. The Kier molecular flexibility index (Phi) is 2.92. The lowest BCUT2D eigenvalue weighted by Crippen LogP contribution is -2.59. The molecule has 1 N–H and O–H groups in total. The van der Waals surface area contributed by atoms with E-state index in [-0.39, 0.29) is 0 Å². The molecule has 0 aromatic rings. The molecule has 0 amide bonds. The van der Waals surface area contributed by atoms with Crippen LogP contribution in [0.1, 0.15) is 57.8 Å². The summed E-state index contributed by atoms with van der Waals surface area (Å²) in [7, 11) is 0. The number of ether oxygens (including phenoxy) is 1. The molecule has 5 rings (SSSR count). The average Bonchev–Trinajstić information content (AvgIpc) is 2.36. The first kappa shape index (κ1) is 11.7. The fourth-order valence-corrected chi connectivity index (χ4v) is 5.63. The molecular formula is C16H27NO. The number of nitrogens with one attached hydrogen (secondary N) is 1. The Morgan fingerprint density at radius 1 is 0.944 bits per heavy atom. The molecule has 0 aromatic heterocycles. The van der Waals surface area contributed by atoms with Gasteiger partial charge in [-0.25, -0.2) is 0 Å². The molecule has 1 saturated heterocycles. The Hall–Kier alpha value is -0.0800. The second-order valence-corrected chi connectivity index (χ2v) is 7.57. The van der Waals surface area contributed by atoms with Crippen molar-refractivity contribution in [2.45, 2.75) is 69.4 Å². The molecule has 102 valence electrons. The number of hydrogen-bond acceptors (Lipinski definition) is 2. The van der Waals surface area contributed by atoms with Crippen LogP contribution < -0.4 is 5.32 Å². The van der Waals surface area contributed by atoms with Gasteiger partial charge < -0.3 is 10.1 Å². The van der Waals surface area contributed by atoms with E-state index in [1.54, 1.807) is 19.3 Å². The van der Waals surface area contributed by atoms with Crippen LogP contribution in [0.3, 0.4) is 0 Å². The van der Waals surface area contributed by atoms with E-state index >= 15 is 0 Å². The molecule has 0 aromatic carbocycles. The summed E-state index contributed by atoms with van der Waals surface area (Å²) in [6, 6.07) is 0. The minimum absolute atomic E-state index is 0.506. The van der Waals surface area contributed by atoms with Crippen LogP contribution in [0, 0.1) is 17.8 Å². The predicted octanol–water partition coefficient (Wildman–Crippen LogP) is 3.11. The molecule has 1 atom stereocenters. The lowest BCUT2D eigenvalue weighted by Gasteiger charge is -2.57. The summed E-state index contributed by atoms with van der Waals surface area (Å²) in [5.74, 6) is 3.16. The van der Waals surface area contributed by atoms with Gasteiger partial charge in [0, 0.05) is 18.7 Å². The van der Waals surface area contributed by atoms with Gasteiger partial charge in [-0.1, -0.05) is 0 Å². The highest BCUT2D eigenvalue weighted by molar-refractivity contribution is 5.06. The van der Waals surface area contributed by atoms with E-state index in [1.165, 1.54) is 38.5 Å². The van der Waals surface area contributed by atoms with Crippen LogP contribution in [0.4, 0.5) is 0 Å². The third-order valence-electron chi connectivity index (χ3n) is 6.02. The molecule has 2 nitrogen and oxygen atoms in total. The smallest absolute Gasteiger partial charge is 0.0699 e. The van der Waals surface area contributed by atoms with Gasteiger partial charge in [-0.05, 0) is 75.5 Å². The molecular weight excluding hydrogens is 222 g/mol. The van der Waals surface area contributed by atoms with Crippen molar-refractivity contribution in [3.63, 3.8) is 0 Å². The zero-order valence-corrected chi connectivity index (χ0v) is 11.5. The maximum Gasteiger partial charge on any atom is 0.0699 e. The van der Waals surface area contributed by atoms with Crippen molar-refractivity contribution in [2.24, 2.45) is 17.8 Å². The van der Waals surface area contributed by atoms with Gasteiger partial charge in [0.15, 0.2) is 0 Å². The van der Waals surface area contributed by atoms with Crippen molar-refractivity contribution >= 4 is 0 Å². The fourth-order valence-electron chi connectivity index (χ4n) is 5.63. The second kappa shape index (κ2) is 4.49. The summed E-state index contributed by atoms with van der Waals surface area (Å²) in [5, 5.41) is 3.97. The van der Waals surface area contributed by atoms with E-state index in [0.717, 1.165) is 30.9 Å². The molecule has 1 aliphatic heterocycles. The molecule has 5 fully saturated rings. The SMILES string of the molecule is C1CCC(CNC23CC4CC(CC(C4)C2)C3)OC1. The highest BCUT2D eigenvalue weighted by atomic mass is 16.5. The van der Waals surface area contributed by atoms with E-state index in [0.29, 0.717) is 11.6 Å². The monoisotopic (exact) mass is 249 g/mol. The summed E-state index contributed by atoms with van der Waals surface area (Å²) in [6.07, 6.45) is 13.4. The zero-order chi connectivity index (χ0) is 12.0. The summed E-state index contributed by atoms with van der Waals surface area (Å²) in [4.78, 5) is 0. The average molecular weight is 249 g/mol. The highest BCUT2D eigenvalue weighted by Gasteiger charge is 2.50. The van der Waals surface area contributed by atoms with Crippen LogP contribution in [0.15, 0.2) is 0 Å². The third kappa shape index (κ3) is 2.12. The van der Waals surface area contributed by atoms with Crippen LogP contribution in [-0.2, 0) is 4.74 Å². The normalized spacial score (nSPS) is 50.7. The maximum absolute atomic E-state index is 5.88. The largest absolute Gasteiger partial charge is 0.377 e. The lowest BCUT2D eigenvalue weighted by atomic mass is 9.53. The van der Waals surface area contributed by atoms with Crippen molar-refractivity contribution < 1.29 is 4.74 Å². The Labute approximate surface area is 111 Å². The Balaban J connectivity index is 1.38. The standard InChI is InChI=1S/C16H27NO/c1-2-4-18-15(3-1)11-17-16-8-12-5-13(9-16)7-14(6-12)10-16/h12-15,17H,1-11H2. The minimum atomic E-state index is 0.506. The number of hydrogen-bond donors (Lipinski definition) is 1. The van der Waals surface area contributed by atoms with Gasteiger partial charge in [-0.15, -0.1) is 0 Å². The van der Waals surface area contributed by atoms with E-state index in [4.69, 9.17) is 4.74 Å². The number of rotatable bonds is 3. The summed E-state index contributed by atoms with van der Waals surface area (Å²) in [5.41, 5.74) is 0.523. The van der Waals surface area contributed by atoms with Gasteiger partial charge in [0.05, 0.1) is 6.10 Å². The molecule has 4 bridgehead atoms. The van der Waals surface area contributed by atoms with Gasteiger partial charge in [0.2, 0.25) is 0 Å². The van der Waals surface area contributed by atoms with Crippen molar-refractivity contribution in [3.05, 3.63) is 0 Å². The molecule has 18 heavy (non-hydrogen) atoms. The van der Waals surface area contributed by atoms with Crippen molar-refractivity contribution in [1.82, 2.24) is 5.32 Å². The van der Waals surface area contributed by atoms with Crippen LogP contribution in [0.5, 0.6) is 0 Å². The Morgan fingerprint density at radius 3 is 2.17 bits per heavy atom. The lowest BCUT2D eigenvalue weighted by molar-refractivity contribution is -0.0368. The molecule has 4 saturated carbocycles. The van der Waals surface area contributed by atoms with E-state index in [1.807, 2.05) is 0 Å². The van der Waals surface area contributed by atoms with Crippen LogP contribution in [0.2, 0.25) is 0 Å². The maximum atomic E-state index is 5.88. The summed E-state index contributed by atoms with van der Waals surface area (Å²) in [6.45, 7) is 2.11. The first-order chi connectivity index (χ1) is 8.81. The first-order valence-corrected chi connectivity index (χ1v) is 8.18. The Morgan fingerprint density at radius 2 is 1.61 bits per heavy atom. The van der Waals surface area contributed by atoms with E-state index in [9.17, 15) is 0 Å². The molecule has 0 radical (unpaired) electrons. The van der Waals surface area contributed by atoms with Crippen LogP contribution in [0.25, 0.3) is 0 Å². The van der Waals surface area contributed by atoms with Gasteiger partial charge in [0.1, 0.15) is 0 Å². The van der Waals surface area contributed by atoms with E-state index < -0.39 is 0 Å². The van der Waals surface area contributed by atoms with Crippen molar-refractivity contribution in [3.8, 4) is 0 Å². The van der Waals surface area contributed by atoms with Crippen molar-refractivity contribution in [2.75, 3.05) is 13.2 Å². The molecule has 2 heteroatoms. The second-order valence-electron chi connectivity index (χ2n) is 7.57. The minimum Gasteiger partial charge on any atom is -0.377 e. The van der Waals surface area contributed by atoms with Crippen LogP contribution in [-0.4, -0.2) is 24.8 Å². The van der Waals surface area contributed by atoms with Gasteiger partial charge in [-0.2, -0.15) is 0 Å². The van der Waals surface area contributed by atoms with Crippen molar-refractivity contribution in [1.29, 1.82) is 0 Å². The summed E-state index contributed by atoms with van der Waals surface area (Å²) >= 11 is 0. The zero-order valence-electron chi connectivity index (χ0n) is 11.5. The topological polar surface area (TPSA) is 21.3 Å².